The highest BCUT2D eigenvalue weighted by atomic mass is 19.3. The third-order valence-electron chi connectivity index (χ3n) is 6.78. The van der Waals surface area contributed by atoms with Gasteiger partial charge in [-0.05, 0) is 64.5 Å². The van der Waals surface area contributed by atoms with Gasteiger partial charge in [0, 0.05) is 42.8 Å². The van der Waals surface area contributed by atoms with Crippen LogP contribution in [0.1, 0.15) is 74.8 Å². The van der Waals surface area contributed by atoms with Crippen LogP contribution in [-0.2, 0) is 6.42 Å². The number of anilines is 1. The quantitative estimate of drug-likeness (QED) is 0.536. The maximum atomic E-state index is 13.4. The van der Waals surface area contributed by atoms with E-state index in [-0.39, 0.29) is 24.8 Å². The third-order valence-corrected chi connectivity index (χ3v) is 6.78. The van der Waals surface area contributed by atoms with Gasteiger partial charge in [-0.15, -0.1) is 0 Å². The summed E-state index contributed by atoms with van der Waals surface area (Å²) in [4.78, 5) is 18.9. The number of halogens is 2. The van der Waals surface area contributed by atoms with Crippen LogP contribution in [0.5, 0.6) is 0 Å². The van der Waals surface area contributed by atoms with E-state index in [4.69, 9.17) is 9.97 Å². The van der Waals surface area contributed by atoms with E-state index in [1.165, 1.54) is 0 Å². The lowest BCUT2D eigenvalue weighted by molar-refractivity contribution is -0.0443. The number of nitrogens with one attached hydrogen (secondary N) is 1. The standard InChI is InChI=1S/C25H30F2N6/c1-15(2)33-16(3)30-22-8-7-21(31-23(22)33)18-5-4-6-20-19(18)14-29-24(32-20)28-13-17-9-11-25(26,27)12-10-17/h5,7-8,14-15,17H,4,6,9-13H2,1-3H3,(H,28,29,32). The highest BCUT2D eigenvalue weighted by Crippen LogP contribution is 2.36. The molecule has 6 nitrogen and oxygen atoms in total. The molecular formula is C25H30F2N6. The smallest absolute Gasteiger partial charge is 0.248 e. The van der Waals surface area contributed by atoms with Crippen LogP contribution in [-0.4, -0.2) is 37.0 Å². The number of rotatable bonds is 5. The number of imidazole rings is 1. The summed E-state index contributed by atoms with van der Waals surface area (Å²) < 4.78 is 29.0. The van der Waals surface area contributed by atoms with Gasteiger partial charge in [0.25, 0.3) is 0 Å². The van der Waals surface area contributed by atoms with E-state index in [0.29, 0.717) is 25.3 Å². The molecule has 0 unspecified atom stereocenters. The highest BCUT2D eigenvalue weighted by Gasteiger charge is 2.34. The largest absolute Gasteiger partial charge is 0.354 e. The van der Waals surface area contributed by atoms with Crippen molar-refractivity contribution in [2.75, 3.05) is 11.9 Å². The lowest BCUT2D eigenvalue weighted by Gasteiger charge is -2.28. The molecule has 3 aromatic rings. The van der Waals surface area contributed by atoms with Crippen molar-refractivity contribution in [2.45, 2.75) is 71.3 Å². The lowest BCUT2D eigenvalue weighted by Crippen LogP contribution is -2.28. The van der Waals surface area contributed by atoms with Gasteiger partial charge >= 0.3 is 0 Å². The Morgan fingerprint density at radius 2 is 1.94 bits per heavy atom. The van der Waals surface area contributed by atoms with E-state index >= 15 is 0 Å². The number of nitrogens with zero attached hydrogens (tertiary/aromatic N) is 5. The van der Waals surface area contributed by atoms with Crippen LogP contribution in [0.3, 0.4) is 0 Å². The molecule has 33 heavy (non-hydrogen) atoms. The number of hydrogen-bond donors (Lipinski definition) is 1. The molecule has 3 heterocycles. The van der Waals surface area contributed by atoms with Gasteiger partial charge in [0.05, 0.1) is 11.4 Å². The summed E-state index contributed by atoms with van der Waals surface area (Å²) in [5, 5.41) is 3.28. The topological polar surface area (TPSA) is 68.5 Å². The van der Waals surface area contributed by atoms with Crippen molar-refractivity contribution < 1.29 is 8.78 Å². The molecule has 174 valence electrons. The monoisotopic (exact) mass is 452 g/mol. The molecule has 2 aliphatic rings. The Hall–Kier alpha value is -2.90. The Morgan fingerprint density at radius 1 is 1.15 bits per heavy atom. The number of fused-ring (bicyclic) bond motifs is 2. The molecule has 1 fully saturated rings. The van der Waals surface area contributed by atoms with Crippen molar-refractivity contribution in [2.24, 2.45) is 5.92 Å². The van der Waals surface area contributed by atoms with Crippen LogP contribution in [0.15, 0.2) is 24.4 Å². The fourth-order valence-electron chi connectivity index (χ4n) is 5.02. The van der Waals surface area contributed by atoms with Crippen LogP contribution in [0.2, 0.25) is 0 Å². The summed E-state index contributed by atoms with van der Waals surface area (Å²) in [6, 6.07) is 4.33. The second-order valence-electron chi connectivity index (χ2n) is 9.55. The van der Waals surface area contributed by atoms with Gasteiger partial charge in [-0.3, -0.25) is 0 Å². The Morgan fingerprint density at radius 3 is 2.70 bits per heavy atom. The van der Waals surface area contributed by atoms with Gasteiger partial charge in [0.2, 0.25) is 11.9 Å². The minimum Gasteiger partial charge on any atom is -0.354 e. The van der Waals surface area contributed by atoms with E-state index < -0.39 is 5.92 Å². The maximum Gasteiger partial charge on any atom is 0.248 e. The number of allylic oxidation sites excluding steroid dienone is 1. The molecule has 0 amide bonds. The summed E-state index contributed by atoms with van der Waals surface area (Å²) in [6.45, 7) is 6.92. The van der Waals surface area contributed by atoms with Gasteiger partial charge in [-0.1, -0.05) is 6.08 Å². The van der Waals surface area contributed by atoms with Gasteiger partial charge in [-0.2, -0.15) is 0 Å². The first-order valence-corrected chi connectivity index (χ1v) is 11.8. The van der Waals surface area contributed by atoms with E-state index in [9.17, 15) is 8.78 Å². The van der Waals surface area contributed by atoms with E-state index in [0.717, 1.165) is 52.4 Å². The fourth-order valence-corrected chi connectivity index (χ4v) is 5.02. The van der Waals surface area contributed by atoms with E-state index in [1.807, 2.05) is 25.3 Å². The molecule has 3 aromatic heterocycles. The maximum absolute atomic E-state index is 13.4. The third kappa shape index (κ3) is 4.35. The zero-order valence-corrected chi connectivity index (χ0v) is 19.4. The summed E-state index contributed by atoms with van der Waals surface area (Å²) in [7, 11) is 0. The number of alkyl halides is 2. The van der Waals surface area contributed by atoms with Gasteiger partial charge in [0.15, 0.2) is 5.65 Å². The van der Waals surface area contributed by atoms with Crippen molar-refractivity contribution in [3.63, 3.8) is 0 Å². The second kappa shape index (κ2) is 8.47. The molecule has 1 N–H and O–H groups in total. The van der Waals surface area contributed by atoms with Crippen LogP contribution < -0.4 is 5.32 Å². The van der Waals surface area contributed by atoms with Gasteiger partial charge in [0.1, 0.15) is 11.3 Å². The molecule has 0 bridgehead atoms. The number of aromatic nitrogens is 5. The average molecular weight is 453 g/mol. The molecule has 0 saturated heterocycles. The molecule has 8 heteroatoms. The minimum atomic E-state index is -2.50. The lowest BCUT2D eigenvalue weighted by atomic mass is 9.87. The Balaban J connectivity index is 1.36. The van der Waals surface area contributed by atoms with Crippen LogP contribution in [0.25, 0.3) is 16.7 Å². The van der Waals surface area contributed by atoms with Gasteiger partial charge < -0.3 is 9.88 Å². The second-order valence-corrected chi connectivity index (χ2v) is 9.55. The molecule has 2 aliphatic carbocycles. The first-order chi connectivity index (χ1) is 15.8. The van der Waals surface area contributed by atoms with E-state index in [2.05, 4.69) is 39.8 Å². The summed E-state index contributed by atoms with van der Waals surface area (Å²) >= 11 is 0. The molecular weight excluding hydrogens is 422 g/mol. The summed E-state index contributed by atoms with van der Waals surface area (Å²) in [6.07, 6.45) is 6.84. The highest BCUT2D eigenvalue weighted by molar-refractivity contribution is 5.83. The van der Waals surface area contributed by atoms with Crippen molar-refractivity contribution >= 4 is 22.7 Å². The van der Waals surface area contributed by atoms with Crippen molar-refractivity contribution in [3.05, 3.63) is 47.2 Å². The molecule has 0 radical (unpaired) electrons. The summed E-state index contributed by atoms with van der Waals surface area (Å²) in [5.41, 5.74) is 5.74. The predicted octanol–water partition coefficient (Wildman–Crippen LogP) is 5.73. The number of aryl methyl sites for hydroxylation is 2. The SMILES string of the molecule is Cc1nc2ccc(C3=CCCc4nc(NCC5CCC(F)(F)CC5)ncc43)nc2n1C(C)C. The van der Waals surface area contributed by atoms with Crippen molar-refractivity contribution in [1.82, 2.24) is 24.5 Å². The van der Waals surface area contributed by atoms with Crippen molar-refractivity contribution in [3.8, 4) is 0 Å². The van der Waals surface area contributed by atoms with E-state index in [1.54, 1.807) is 0 Å². The zero-order chi connectivity index (χ0) is 23.2. The van der Waals surface area contributed by atoms with Crippen LogP contribution in [0.4, 0.5) is 14.7 Å². The number of hydrogen-bond acceptors (Lipinski definition) is 5. The number of pyridine rings is 1. The normalized spacial score (nSPS) is 18.4. The fraction of sp³-hybridized carbons (Fsp3) is 0.520. The van der Waals surface area contributed by atoms with Crippen LogP contribution in [0, 0.1) is 12.8 Å². The molecule has 0 spiro atoms. The van der Waals surface area contributed by atoms with Crippen molar-refractivity contribution in [1.29, 1.82) is 0 Å². The Bertz CT molecular complexity index is 1200. The average Bonchev–Trinajstić information content (AvgIpc) is 3.12. The molecule has 0 atom stereocenters. The van der Waals surface area contributed by atoms with Gasteiger partial charge in [-0.25, -0.2) is 28.7 Å². The molecule has 1 saturated carbocycles. The first kappa shape index (κ1) is 21.9. The molecule has 0 aromatic carbocycles. The first-order valence-electron chi connectivity index (χ1n) is 11.8. The molecule has 5 rings (SSSR count). The van der Waals surface area contributed by atoms with Crippen LogP contribution >= 0.6 is 0 Å². The summed E-state index contributed by atoms with van der Waals surface area (Å²) in [5.74, 6) is -0.720. The Labute approximate surface area is 192 Å². The minimum absolute atomic E-state index is 0.0227. The Kier molecular flexibility index (Phi) is 5.62. The predicted molar refractivity (Wildman–Crippen MR) is 125 cm³/mol. The zero-order valence-electron chi connectivity index (χ0n) is 19.4. The molecule has 0 aliphatic heterocycles.